The Balaban J connectivity index is 0.00000306. The third-order valence-corrected chi connectivity index (χ3v) is 7.55. The molecule has 1 aliphatic rings. The van der Waals surface area contributed by atoms with Crippen LogP contribution in [0.3, 0.4) is 0 Å². The van der Waals surface area contributed by atoms with Crippen LogP contribution in [0.1, 0.15) is 141 Å². The Morgan fingerprint density at radius 2 is 1.00 bits per heavy atom. The van der Waals surface area contributed by atoms with Crippen LogP contribution in [0.25, 0.3) is 16.9 Å². The number of nitrogens with zero attached hydrogens (tertiary/aromatic N) is 2. The van der Waals surface area contributed by atoms with Gasteiger partial charge in [-0.3, -0.25) is 0 Å². The van der Waals surface area contributed by atoms with Gasteiger partial charge in [-0.15, -0.1) is 0 Å². The Morgan fingerprint density at radius 1 is 0.561 bits per heavy atom. The summed E-state index contributed by atoms with van der Waals surface area (Å²) >= 11 is 0. The van der Waals surface area contributed by atoms with Gasteiger partial charge in [0.15, 0.2) is 0 Å². The fourth-order valence-corrected chi connectivity index (χ4v) is 5.41. The van der Waals surface area contributed by atoms with E-state index in [0.717, 1.165) is 73.9 Å². The summed E-state index contributed by atoms with van der Waals surface area (Å²) in [5.41, 5.74) is 21.5. The maximum Gasteiger partial charge on any atom is 2.00 e. The van der Waals surface area contributed by atoms with Crippen LogP contribution in [0.15, 0.2) is 59.7 Å². The van der Waals surface area contributed by atoms with E-state index < -0.39 is 0 Å². The first-order valence-corrected chi connectivity index (χ1v) is 16.2. The van der Waals surface area contributed by atoms with Crippen molar-refractivity contribution < 1.29 is 21.2 Å². The number of rotatable bonds is 16. The zero-order chi connectivity index (χ0) is 29.8. The number of allylic oxidation sites excluding steroid dienone is 2. The fraction of sp³-hybridized carbons (Fsp3) is 0.526. The summed E-state index contributed by atoms with van der Waals surface area (Å²) < 4.78 is 1.54. The predicted molar refractivity (Wildman–Crippen MR) is 178 cm³/mol. The molecule has 0 saturated heterocycles. The summed E-state index contributed by atoms with van der Waals surface area (Å²) in [5.74, 6) is 0. The van der Waals surface area contributed by atoms with Crippen molar-refractivity contribution in [1.82, 2.24) is 0 Å². The van der Waals surface area contributed by atoms with Crippen LogP contribution in [-0.2, 0) is 29.3 Å². The summed E-state index contributed by atoms with van der Waals surface area (Å²) in [6, 6.07) is 17.7. The SMILES string of the molecule is CCCCCCCCc1cccc(C2=C(CCCC)C(CCCC)=C(c3cccc(CC)c3)[N+]2=[N-])c1.[CH2-]C.[CH2-]C.[Ni+2]. The van der Waals surface area contributed by atoms with E-state index in [1.165, 1.54) is 65.5 Å². The van der Waals surface area contributed by atoms with Gasteiger partial charge in [0.1, 0.15) is 0 Å². The third-order valence-electron chi connectivity index (χ3n) is 7.55. The molecule has 2 aromatic carbocycles. The predicted octanol–water partition coefficient (Wildman–Crippen LogP) is 12.4. The minimum absolute atomic E-state index is 0. The van der Waals surface area contributed by atoms with Gasteiger partial charge < -0.3 is 19.4 Å². The van der Waals surface area contributed by atoms with Gasteiger partial charge in [-0.2, -0.15) is 13.8 Å². The van der Waals surface area contributed by atoms with Crippen molar-refractivity contribution in [2.75, 3.05) is 0 Å². The van der Waals surface area contributed by atoms with Crippen molar-refractivity contribution >= 4 is 11.4 Å². The van der Waals surface area contributed by atoms with Gasteiger partial charge in [0.2, 0.25) is 11.4 Å². The molecule has 0 saturated carbocycles. The Hall–Kier alpha value is -1.99. The van der Waals surface area contributed by atoms with E-state index in [2.05, 4.69) is 90.1 Å². The molecule has 2 nitrogen and oxygen atoms in total. The zero-order valence-corrected chi connectivity index (χ0v) is 28.1. The molecule has 0 bridgehead atoms. The number of unbranched alkanes of at least 4 members (excludes halogenated alkanes) is 7. The van der Waals surface area contributed by atoms with Gasteiger partial charge in [0.25, 0.3) is 0 Å². The van der Waals surface area contributed by atoms with Crippen LogP contribution < -0.4 is 0 Å². The van der Waals surface area contributed by atoms with Crippen LogP contribution in [0, 0.1) is 13.8 Å². The monoisotopic (exact) mass is 600 g/mol. The first kappa shape index (κ1) is 39.0. The summed E-state index contributed by atoms with van der Waals surface area (Å²) in [6.45, 7) is 19.0. The van der Waals surface area contributed by atoms with Gasteiger partial charge in [0.05, 0.1) is 0 Å². The molecule has 0 N–H and O–H groups in total. The van der Waals surface area contributed by atoms with Crippen LogP contribution in [0.2, 0.25) is 0 Å². The fourth-order valence-electron chi connectivity index (χ4n) is 5.41. The van der Waals surface area contributed by atoms with Gasteiger partial charge in [-0.25, -0.2) is 4.70 Å². The van der Waals surface area contributed by atoms with E-state index in [0.29, 0.717) is 0 Å². The molecule has 0 unspecified atom stereocenters. The first-order valence-electron chi connectivity index (χ1n) is 16.2. The molecule has 41 heavy (non-hydrogen) atoms. The quantitative estimate of drug-likeness (QED) is 0.0792. The molecule has 0 spiro atoms. The molecule has 0 amide bonds. The number of benzene rings is 2. The molecule has 2 aromatic rings. The largest absolute Gasteiger partial charge is 2.00 e. The average Bonchev–Trinajstić information content (AvgIpc) is 3.29. The standard InChI is InChI=1S/C34H48N2.2C2H5.Ni/c1-5-9-12-13-14-15-18-28-20-17-22-30(26-28)34-32(24-11-7-3)31(23-10-6-2)33(36(34)35)29-21-16-19-27(8-4)25-29;2*1-2;/h16-17,19-22,25-26H,5-15,18,23-24H2,1-4H3;2*1H2,2H3;/q;2*-1;+2. The molecule has 0 aliphatic carbocycles. The van der Waals surface area contributed by atoms with Crippen molar-refractivity contribution in [3.8, 4) is 0 Å². The van der Waals surface area contributed by atoms with Gasteiger partial charge in [0, 0.05) is 22.3 Å². The van der Waals surface area contributed by atoms with E-state index in [4.69, 9.17) is 0 Å². The van der Waals surface area contributed by atoms with Crippen LogP contribution in [0.4, 0.5) is 0 Å². The second-order valence-electron chi connectivity index (χ2n) is 10.4. The van der Waals surface area contributed by atoms with Gasteiger partial charge in [-0.05, 0) is 80.3 Å². The van der Waals surface area contributed by atoms with Crippen molar-refractivity contribution in [2.45, 2.75) is 131 Å². The molecule has 3 heteroatoms. The number of hydrogen-bond donors (Lipinski definition) is 0. The maximum absolute atomic E-state index is 11.8. The molecule has 0 aromatic heterocycles. The molecule has 3 rings (SSSR count). The summed E-state index contributed by atoms with van der Waals surface area (Å²) in [6.07, 6.45) is 16.6. The Labute approximate surface area is 264 Å². The molecular formula is C38H58N2Ni. The van der Waals surface area contributed by atoms with Crippen molar-refractivity contribution in [3.63, 3.8) is 0 Å². The zero-order valence-electron chi connectivity index (χ0n) is 27.1. The van der Waals surface area contributed by atoms with Gasteiger partial charge >= 0.3 is 16.5 Å². The molecular weight excluding hydrogens is 543 g/mol. The summed E-state index contributed by atoms with van der Waals surface area (Å²) in [7, 11) is 0. The Kier molecular flexibility index (Phi) is 22.4. The van der Waals surface area contributed by atoms with Gasteiger partial charge in [-0.1, -0.05) is 96.9 Å². The minimum atomic E-state index is 0. The van der Waals surface area contributed by atoms with E-state index in [1.54, 1.807) is 13.8 Å². The first-order chi connectivity index (χ1) is 19.6. The molecule has 0 fully saturated rings. The number of aryl methyl sites for hydroxylation is 2. The molecule has 1 heterocycles. The molecule has 1 aliphatic heterocycles. The van der Waals surface area contributed by atoms with Crippen LogP contribution in [-0.4, -0.2) is 4.70 Å². The molecule has 0 radical (unpaired) electrons. The smallest absolute Gasteiger partial charge is 0.493 e. The van der Waals surface area contributed by atoms with E-state index in [1.807, 2.05) is 0 Å². The maximum atomic E-state index is 11.8. The normalized spacial score (nSPS) is 12.4. The second kappa shape index (κ2) is 23.6. The van der Waals surface area contributed by atoms with Crippen LogP contribution >= 0.6 is 0 Å². The van der Waals surface area contributed by atoms with Crippen molar-refractivity contribution in [2.24, 2.45) is 0 Å². The second-order valence-corrected chi connectivity index (χ2v) is 10.4. The average molecular weight is 602 g/mol. The Morgan fingerprint density at radius 3 is 1.49 bits per heavy atom. The Bertz CT molecular complexity index is 1060. The van der Waals surface area contributed by atoms with E-state index in [9.17, 15) is 5.53 Å². The number of hydrogen-bond acceptors (Lipinski definition) is 0. The van der Waals surface area contributed by atoms with Crippen molar-refractivity contribution in [3.05, 3.63) is 101 Å². The molecule has 0 atom stereocenters. The third kappa shape index (κ3) is 12.0. The van der Waals surface area contributed by atoms with Crippen molar-refractivity contribution in [1.29, 1.82) is 0 Å². The van der Waals surface area contributed by atoms with E-state index >= 15 is 0 Å². The van der Waals surface area contributed by atoms with Crippen LogP contribution in [0.5, 0.6) is 0 Å². The topological polar surface area (TPSA) is 25.3 Å². The molecule has 230 valence electrons. The summed E-state index contributed by atoms with van der Waals surface area (Å²) in [4.78, 5) is 0. The summed E-state index contributed by atoms with van der Waals surface area (Å²) in [5, 5.41) is 0. The van der Waals surface area contributed by atoms with E-state index in [-0.39, 0.29) is 16.5 Å². The minimum Gasteiger partial charge on any atom is -0.493 e.